The predicted molar refractivity (Wildman–Crippen MR) is 123 cm³/mol. The van der Waals surface area contributed by atoms with Crippen molar-refractivity contribution in [3.05, 3.63) is 103 Å². The van der Waals surface area contributed by atoms with Crippen molar-refractivity contribution in [2.45, 2.75) is 6.04 Å². The fraction of sp³-hybridized carbons (Fsp3) is 0.0833. The van der Waals surface area contributed by atoms with Gasteiger partial charge in [-0.05, 0) is 42.5 Å². The Morgan fingerprint density at radius 3 is 2.59 bits per heavy atom. The molecule has 0 aliphatic carbocycles. The summed E-state index contributed by atoms with van der Waals surface area (Å²) in [4.78, 5) is 28.4. The molecule has 0 saturated heterocycles. The molecule has 0 N–H and O–H groups in total. The standard InChI is InChI=1S/C24H14BrClFNO4/c1-31-19-9-7-13(11-16(19)26)28-21(14-4-2-3-5-17(14)27)20-22(29)15-10-12(25)6-8-18(15)32-23(20)24(28)30/h2-11,21H,1H3. The fourth-order valence-electron chi connectivity index (χ4n) is 4.01. The number of anilines is 1. The van der Waals surface area contributed by atoms with Crippen molar-refractivity contribution in [1.29, 1.82) is 0 Å². The van der Waals surface area contributed by atoms with Crippen LogP contribution in [0.4, 0.5) is 10.1 Å². The van der Waals surface area contributed by atoms with Crippen LogP contribution in [-0.2, 0) is 0 Å². The van der Waals surface area contributed by atoms with Crippen LogP contribution in [0.5, 0.6) is 5.75 Å². The third kappa shape index (κ3) is 3.12. The van der Waals surface area contributed by atoms with Crippen molar-refractivity contribution in [3.63, 3.8) is 0 Å². The highest BCUT2D eigenvalue weighted by Gasteiger charge is 2.44. The molecule has 1 unspecified atom stereocenters. The van der Waals surface area contributed by atoms with E-state index in [0.29, 0.717) is 21.3 Å². The Kier molecular flexibility index (Phi) is 5.03. The van der Waals surface area contributed by atoms with Crippen molar-refractivity contribution in [3.8, 4) is 5.75 Å². The van der Waals surface area contributed by atoms with Crippen molar-refractivity contribution < 1.29 is 18.3 Å². The molecule has 1 aromatic heterocycles. The molecule has 0 saturated carbocycles. The summed E-state index contributed by atoms with van der Waals surface area (Å²) in [5.41, 5.74) is 0.509. The van der Waals surface area contributed by atoms with Crippen LogP contribution >= 0.6 is 27.5 Å². The maximum atomic E-state index is 14.9. The molecule has 4 aromatic rings. The van der Waals surface area contributed by atoms with Crippen LogP contribution in [0.1, 0.15) is 27.7 Å². The first-order valence-electron chi connectivity index (χ1n) is 9.58. The molecule has 0 radical (unpaired) electrons. The van der Waals surface area contributed by atoms with Gasteiger partial charge in [-0.25, -0.2) is 4.39 Å². The lowest BCUT2D eigenvalue weighted by Crippen LogP contribution is -2.30. The lowest BCUT2D eigenvalue weighted by atomic mass is 9.97. The first-order valence-corrected chi connectivity index (χ1v) is 10.8. The fourth-order valence-corrected chi connectivity index (χ4v) is 4.62. The van der Waals surface area contributed by atoms with Crippen LogP contribution in [0, 0.1) is 5.82 Å². The van der Waals surface area contributed by atoms with Crippen LogP contribution in [0.3, 0.4) is 0 Å². The average molecular weight is 515 g/mol. The number of hydrogen-bond donors (Lipinski definition) is 0. The van der Waals surface area contributed by atoms with Gasteiger partial charge in [0.1, 0.15) is 17.1 Å². The smallest absolute Gasteiger partial charge is 0.295 e. The lowest BCUT2D eigenvalue weighted by Gasteiger charge is -2.26. The molecule has 32 heavy (non-hydrogen) atoms. The molecule has 1 amide bonds. The molecule has 0 spiro atoms. The van der Waals surface area contributed by atoms with E-state index < -0.39 is 23.2 Å². The summed E-state index contributed by atoms with van der Waals surface area (Å²) in [6.45, 7) is 0. The van der Waals surface area contributed by atoms with Crippen molar-refractivity contribution in [1.82, 2.24) is 0 Å². The van der Waals surface area contributed by atoms with E-state index in [2.05, 4.69) is 15.9 Å². The first-order chi connectivity index (χ1) is 15.4. The van der Waals surface area contributed by atoms with Gasteiger partial charge in [-0.15, -0.1) is 0 Å². The number of hydrogen-bond acceptors (Lipinski definition) is 4. The predicted octanol–water partition coefficient (Wildman–Crippen LogP) is 6.11. The summed E-state index contributed by atoms with van der Waals surface area (Å²) in [7, 11) is 1.48. The van der Waals surface area contributed by atoms with Gasteiger partial charge in [0.05, 0.1) is 29.1 Å². The topological polar surface area (TPSA) is 59.8 Å². The third-order valence-electron chi connectivity index (χ3n) is 5.45. The average Bonchev–Trinajstić information content (AvgIpc) is 3.07. The number of rotatable bonds is 3. The number of fused-ring (bicyclic) bond motifs is 2. The highest BCUT2D eigenvalue weighted by molar-refractivity contribution is 9.10. The summed E-state index contributed by atoms with van der Waals surface area (Å²) in [6, 6.07) is 14.7. The zero-order chi connectivity index (χ0) is 22.6. The van der Waals surface area contributed by atoms with E-state index in [1.54, 1.807) is 54.6 Å². The maximum Gasteiger partial charge on any atom is 0.295 e. The number of benzene rings is 3. The zero-order valence-corrected chi connectivity index (χ0v) is 18.9. The number of methoxy groups -OCH3 is 1. The van der Waals surface area contributed by atoms with Gasteiger partial charge in [0, 0.05) is 15.7 Å². The van der Waals surface area contributed by atoms with Gasteiger partial charge in [0.2, 0.25) is 5.76 Å². The Morgan fingerprint density at radius 1 is 1.09 bits per heavy atom. The summed E-state index contributed by atoms with van der Waals surface area (Å²) in [5.74, 6) is -0.801. The molecule has 160 valence electrons. The minimum absolute atomic E-state index is 0.0811. The number of carbonyl (C=O) groups excluding carboxylic acids is 1. The number of amides is 1. The number of ether oxygens (including phenoxy) is 1. The second-order valence-corrected chi connectivity index (χ2v) is 8.56. The minimum Gasteiger partial charge on any atom is -0.495 e. The van der Waals surface area contributed by atoms with Crippen molar-refractivity contribution in [2.24, 2.45) is 0 Å². The Labute approximate surface area is 195 Å². The number of carbonyl (C=O) groups is 1. The van der Waals surface area contributed by atoms with Crippen molar-refractivity contribution >= 4 is 50.1 Å². The molecule has 1 atom stereocenters. The molecule has 0 fully saturated rings. The van der Waals surface area contributed by atoms with E-state index in [0.717, 1.165) is 0 Å². The summed E-state index contributed by atoms with van der Waals surface area (Å²) >= 11 is 9.65. The van der Waals surface area contributed by atoms with Gasteiger partial charge in [0.15, 0.2) is 5.43 Å². The Morgan fingerprint density at radius 2 is 1.88 bits per heavy atom. The first kappa shape index (κ1) is 20.7. The molecular weight excluding hydrogens is 501 g/mol. The molecule has 5 nitrogen and oxygen atoms in total. The van der Waals surface area contributed by atoms with E-state index in [1.807, 2.05) is 0 Å². The van der Waals surface area contributed by atoms with Crippen LogP contribution < -0.4 is 15.1 Å². The quantitative estimate of drug-likeness (QED) is 0.331. The van der Waals surface area contributed by atoms with Gasteiger partial charge < -0.3 is 9.15 Å². The van der Waals surface area contributed by atoms with E-state index >= 15 is 0 Å². The monoisotopic (exact) mass is 513 g/mol. The molecule has 1 aliphatic heterocycles. The molecule has 3 aromatic carbocycles. The minimum atomic E-state index is -1.03. The van der Waals surface area contributed by atoms with Gasteiger partial charge in [-0.2, -0.15) is 0 Å². The summed E-state index contributed by atoms with van der Waals surface area (Å²) in [5, 5.41) is 0.566. The van der Waals surface area contributed by atoms with Gasteiger partial charge in [0.25, 0.3) is 5.91 Å². The van der Waals surface area contributed by atoms with Gasteiger partial charge in [-0.3, -0.25) is 14.5 Å². The third-order valence-corrected chi connectivity index (χ3v) is 6.23. The van der Waals surface area contributed by atoms with E-state index in [-0.39, 0.29) is 27.5 Å². The highest BCUT2D eigenvalue weighted by Crippen LogP contribution is 2.43. The van der Waals surface area contributed by atoms with Crippen LogP contribution in [-0.4, -0.2) is 13.0 Å². The Hall–Kier alpha value is -3.16. The SMILES string of the molecule is COc1ccc(N2C(=O)c3oc4ccc(Br)cc4c(=O)c3C2c2ccccc2F)cc1Cl. The lowest BCUT2D eigenvalue weighted by molar-refractivity contribution is 0.0970. The summed E-state index contributed by atoms with van der Waals surface area (Å²) in [6.07, 6.45) is 0. The molecule has 5 rings (SSSR count). The van der Waals surface area contributed by atoms with E-state index in [1.165, 1.54) is 18.1 Å². The van der Waals surface area contributed by atoms with Crippen LogP contribution in [0.25, 0.3) is 11.0 Å². The normalized spacial score (nSPS) is 15.3. The molecule has 1 aliphatic rings. The van der Waals surface area contributed by atoms with E-state index in [4.69, 9.17) is 20.8 Å². The van der Waals surface area contributed by atoms with Crippen LogP contribution in [0.15, 0.2) is 74.3 Å². The number of nitrogens with zero attached hydrogens (tertiary/aromatic N) is 1. The Balaban J connectivity index is 1.82. The molecule has 0 bridgehead atoms. The zero-order valence-electron chi connectivity index (χ0n) is 16.6. The van der Waals surface area contributed by atoms with Crippen molar-refractivity contribution in [2.75, 3.05) is 12.0 Å². The largest absolute Gasteiger partial charge is 0.495 e. The maximum absolute atomic E-state index is 14.9. The van der Waals surface area contributed by atoms with Crippen LogP contribution in [0.2, 0.25) is 5.02 Å². The molecule has 2 heterocycles. The number of halogens is 3. The van der Waals surface area contributed by atoms with Gasteiger partial charge in [-0.1, -0.05) is 45.7 Å². The highest BCUT2D eigenvalue weighted by atomic mass is 79.9. The second-order valence-electron chi connectivity index (χ2n) is 7.23. The van der Waals surface area contributed by atoms with Gasteiger partial charge >= 0.3 is 0 Å². The molecular formula is C24H14BrClFNO4. The molecule has 8 heteroatoms. The Bertz CT molecular complexity index is 1470. The summed E-state index contributed by atoms with van der Waals surface area (Å²) < 4.78 is 26.7. The second kappa shape index (κ2) is 7.76. The van der Waals surface area contributed by atoms with E-state index in [9.17, 15) is 14.0 Å².